The third-order valence-electron chi connectivity index (χ3n) is 3.93. The van der Waals surface area contributed by atoms with Crippen molar-refractivity contribution < 1.29 is 23.6 Å². The maximum atomic E-state index is 13.7. The van der Waals surface area contributed by atoms with E-state index in [9.17, 15) is 24.1 Å². The van der Waals surface area contributed by atoms with Gasteiger partial charge in [-0.05, 0) is 29.7 Å². The Labute approximate surface area is 165 Å². The summed E-state index contributed by atoms with van der Waals surface area (Å²) in [4.78, 5) is 34.5. The van der Waals surface area contributed by atoms with Crippen molar-refractivity contribution in [3.05, 3.63) is 69.0 Å². The van der Waals surface area contributed by atoms with Crippen molar-refractivity contribution in [2.75, 3.05) is 11.9 Å². The molecule has 0 bridgehead atoms. The van der Waals surface area contributed by atoms with Crippen LogP contribution in [0.2, 0.25) is 5.02 Å². The molecule has 0 unspecified atom stereocenters. The van der Waals surface area contributed by atoms with Crippen LogP contribution in [-0.2, 0) is 14.3 Å². The monoisotopic (exact) mass is 408 g/mol. The lowest BCUT2D eigenvalue weighted by Gasteiger charge is -2.20. The second kappa shape index (κ2) is 9.27. The quantitative estimate of drug-likeness (QED) is 0.418. The minimum atomic E-state index is -0.841. The highest BCUT2D eigenvalue weighted by atomic mass is 35.5. The number of carbonyl (C=O) groups is 2. The molecule has 2 rings (SSSR count). The molecular formula is C19H18ClFN2O5. The van der Waals surface area contributed by atoms with Crippen LogP contribution in [-0.4, -0.2) is 23.4 Å². The largest absolute Gasteiger partial charge is 0.455 e. The van der Waals surface area contributed by atoms with E-state index in [1.807, 2.05) is 13.8 Å². The summed E-state index contributed by atoms with van der Waals surface area (Å²) in [5, 5.41) is 13.4. The first kappa shape index (κ1) is 21.3. The van der Waals surface area contributed by atoms with Gasteiger partial charge in [-0.2, -0.15) is 0 Å². The van der Waals surface area contributed by atoms with Crippen molar-refractivity contribution in [3.8, 4) is 0 Å². The summed E-state index contributed by atoms with van der Waals surface area (Å²) in [5.41, 5.74) is -0.0563. The fourth-order valence-electron chi connectivity index (χ4n) is 2.60. The van der Waals surface area contributed by atoms with Gasteiger partial charge in [0.15, 0.2) is 6.61 Å². The smallest absolute Gasteiger partial charge is 0.314 e. The van der Waals surface area contributed by atoms with Crippen molar-refractivity contribution >= 4 is 34.9 Å². The number of anilines is 1. The number of non-ortho nitro benzene ring substituents is 1. The van der Waals surface area contributed by atoms with Crippen LogP contribution >= 0.6 is 11.6 Å². The molecule has 0 aliphatic heterocycles. The lowest BCUT2D eigenvalue weighted by Crippen LogP contribution is -2.26. The van der Waals surface area contributed by atoms with Crippen LogP contribution in [0.15, 0.2) is 42.5 Å². The van der Waals surface area contributed by atoms with E-state index < -0.39 is 35.1 Å². The summed E-state index contributed by atoms with van der Waals surface area (Å²) in [6.07, 6.45) is 0. The summed E-state index contributed by atoms with van der Waals surface area (Å²) < 4.78 is 18.8. The van der Waals surface area contributed by atoms with Gasteiger partial charge in [-0.25, -0.2) is 4.39 Å². The highest BCUT2D eigenvalue weighted by Crippen LogP contribution is 2.27. The van der Waals surface area contributed by atoms with Gasteiger partial charge in [0.25, 0.3) is 11.6 Å². The predicted octanol–water partition coefficient (Wildman–Crippen LogP) is 4.31. The van der Waals surface area contributed by atoms with Gasteiger partial charge in [0, 0.05) is 17.2 Å². The standard InChI is InChI=1S/C19H18ClFN2O5/c1-11(2)18(12-3-5-13(20)6-4-12)19(25)28-10-17(24)22-16-9-14(23(26)27)7-8-15(16)21/h3-9,11,18H,10H2,1-2H3,(H,22,24)/t18-/m1/s1. The zero-order chi connectivity index (χ0) is 20.8. The molecule has 9 heteroatoms. The summed E-state index contributed by atoms with van der Waals surface area (Å²) in [7, 11) is 0. The number of hydrogen-bond acceptors (Lipinski definition) is 5. The van der Waals surface area contributed by atoms with Crippen molar-refractivity contribution in [1.82, 2.24) is 0 Å². The van der Waals surface area contributed by atoms with Gasteiger partial charge >= 0.3 is 5.97 Å². The molecule has 0 heterocycles. The number of esters is 1. The summed E-state index contributed by atoms with van der Waals surface area (Å²) >= 11 is 5.86. The lowest BCUT2D eigenvalue weighted by molar-refractivity contribution is -0.384. The number of halogens is 2. The number of ether oxygens (including phenoxy) is 1. The molecule has 0 spiro atoms. The molecule has 1 atom stereocenters. The SMILES string of the molecule is CC(C)[C@@H](C(=O)OCC(=O)Nc1cc([N+](=O)[O-])ccc1F)c1ccc(Cl)cc1. The Morgan fingerprint density at radius 3 is 2.43 bits per heavy atom. The molecule has 1 amide bonds. The van der Waals surface area contributed by atoms with Gasteiger partial charge in [0.2, 0.25) is 0 Å². The average Bonchev–Trinajstić information content (AvgIpc) is 2.63. The van der Waals surface area contributed by atoms with Crippen LogP contribution < -0.4 is 5.32 Å². The molecule has 7 nitrogen and oxygen atoms in total. The average molecular weight is 409 g/mol. The first-order valence-electron chi connectivity index (χ1n) is 8.35. The van der Waals surface area contributed by atoms with Gasteiger partial charge < -0.3 is 10.1 Å². The number of amides is 1. The molecule has 0 saturated heterocycles. The number of hydrogen-bond donors (Lipinski definition) is 1. The highest BCUT2D eigenvalue weighted by Gasteiger charge is 2.26. The number of rotatable bonds is 7. The van der Waals surface area contributed by atoms with Crippen LogP contribution in [0.3, 0.4) is 0 Å². The fraction of sp³-hybridized carbons (Fsp3) is 0.263. The van der Waals surface area contributed by atoms with Gasteiger partial charge in [-0.15, -0.1) is 0 Å². The van der Waals surface area contributed by atoms with Crippen molar-refractivity contribution in [2.45, 2.75) is 19.8 Å². The Hall–Kier alpha value is -3.00. The summed E-state index contributed by atoms with van der Waals surface area (Å²) in [5.74, 6) is -2.99. The molecule has 0 aromatic heterocycles. The zero-order valence-corrected chi connectivity index (χ0v) is 15.9. The van der Waals surface area contributed by atoms with E-state index in [4.69, 9.17) is 16.3 Å². The Balaban J connectivity index is 2.03. The van der Waals surface area contributed by atoms with E-state index in [1.54, 1.807) is 24.3 Å². The van der Waals surface area contributed by atoms with Crippen LogP contribution in [0.1, 0.15) is 25.3 Å². The molecule has 0 radical (unpaired) electrons. The topological polar surface area (TPSA) is 98.5 Å². The van der Waals surface area contributed by atoms with Crippen molar-refractivity contribution in [1.29, 1.82) is 0 Å². The van der Waals surface area contributed by atoms with Crippen LogP contribution in [0.5, 0.6) is 0 Å². The first-order chi connectivity index (χ1) is 13.2. The summed E-state index contributed by atoms with van der Waals surface area (Å²) in [6, 6.07) is 9.44. The number of nitro benzene ring substituents is 1. The van der Waals surface area contributed by atoms with Gasteiger partial charge in [0.1, 0.15) is 5.82 Å². The molecule has 2 aromatic carbocycles. The minimum Gasteiger partial charge on any atom is -0.455 e. The Kier molecular flexibility index (Phi) is 7.06. The molecule has 2 aromatic rings. The Morgan fingerprint density at radius 2 is 1.86 bits per heavy atom. The van der Waals surface area contributed by atoms with E-state index in [0.717, 1.165) is 18.2 Å². The van der Waals surface area contributed by atoms with Crippen LogP contribution in [0.4, 0.5) is 15.8 Å². The highest BCUT2D eigenvalue weighted by molar-refractivity contribution is 6.30. The first-order valence-corrected chi connectivity index (χ1v) is 8.72. The van der Waals surface area contributed by atoms with Crippen LogP contribution in [0, 0.1) is 21.8 Å². The number of carbonyl (C=O) groups excluding carboxylic acids is 2. The van der Waals surface area contributed by atoms with Gasteiger partial charge in [0.05, 0.1) is 16.5 Å². The normalized spacial score (nSPS) is 11.8. The number of nitrogens with one attached hydrogen (secondary N) is 1. The fourth-order valence-corrected chi connectivity index (χ4v) is 2.72. The molecular weight excluding hydrogens is 391 g/mol. The van der Waals surface area contributed by atoms with Gasteiger partial charge in [-0.1, -0.05) is 37.6 Å². The third kappa shape index (κ3) is 5.50. The van der Waals surface area contributed by atoms with E-state index in [2.05, 4.69) is 5.32 Å². The van der Waals surface area contributed by atoms with E-state index in [-0.39, 0.29) is 17.3 Å². The molecule has 0 aliphatic rings. The number of benzene rings is 2. The van der Waals surface area contributed by atoms with Gasteiger partial charge in [-0.3, -0.25) is 19.7 Å². The predicted molar refractivity (Wildman–Crippen MR) is 102 cm³/mol. The molecule has 0 aliphatic carbocycles. The second-order valence-electron chi connectivity index (χ2n) is 6.35. The minimum absolute atomic E-state index is 0.106. The Morgan fingerprint density at radius 1 is 1.21 bits per heavy atom. The van der Waals surface area contributed by atoms with Crippen molar-refractivity contribution in [3.63, 3.8) is 0 Å². The molecule has 148 valence electrons. The Bertz CT molecular complexity index is 886. The number of nitrogens with zero attached hydrogens (tertiary/aromatic N) is 1. The maximum absolute atomic E-state index is 13.7. The zero-order valence-electron chi connectivity index (χ0n) is 15.1. The second-order valence-corrected chi connectivity index (χ2v) is 6.79. The maximum Gasteiger partial charge on any atom is 0.314 e. The molecule has 1 N–H and O–H groups in total. The van der Waals surface area contributed by atoms with Crippen LogP contribution in [0.25, 0.3) is 0 Å². The molecule has 0 fully saturated rings. The van der Waals surface area contributed by atoms with E-state index in [0.29, 0.717) is 10.6 Å². The van der Waals surface area contributed by atoms with E-state index in [1.165, 1.54) is 0 Å². The number of nitro groups is 1. The van der Waals surface area contributed by atoms with Crippen molar-refractivity contribution in [2.24, 2.45) is 5.92 Å². The molecule has 28 heavy (non-hydrogen) atoms. The lowest BCUT2D eigenvalue weighted by atomic mass is 9.88. The third-order valence-corrected chi connectivity index (χ3v) is 4.18. The summed E-state index contributed by atoms with van der Waals surface area (Å²) in [6.45, 7) is 3.01. The molecule has 0 saturated carbocycles. The van der Waals surface area contributed by atoms with E-state index >= 15 is 0 Å².